The molecule has 0 fully saturated rings. The average molecular weight is 560 g/mol. The van der Waals surface area contributed by atoms with Crippen LogP contribution in [0.25, 0.3) is 80.3 Å². The summed E-state index contributed by atoms with van der Waals surface area (Å²) in [5.74, 6) is 0. The average Bonchev–Trinajstić information content (AvgIpc) is 3.56. The molecule has 0 N–H and O–H groups in total. The molecule has 9 aromatic rings. The van der Waals surface area contributed by atoms with E-state index in [1.54, 1.807) is 11.3 Å². The molecule has 41 heavy (non-hydrogen) atoms. The molecule has 0 aliphatic heterocycles. The van der Waals surface area contributed by atoms with Gasteiger partial charge in [-0.3, -0.25) is 0 Å². The van der Waals surface area contributed by atoms with E-state index in [1.807, 2.05) is 6.07 Å². The smallest absolute Gasteiger partial charge is 0.0584 e. The van der Waals surface area contributed by atoms with Gasteiger partial charge >= 0.3 is 0 Å². The molecule has 0 unspecified atom stereocenters. The van der Waals surface area contributed by atoms with Crippen molar-refractivity contribution in [3.05, 3.63) is 138 Å². The SMILES string of the molecule is Clc1cccc2c1sc1cc(-c3ccc(-n4c5ccccc5c5cc6ccccc6cc54)cc3)c3ccccc3c12. The van der Waals surface area contributed by atoms with E-state index in [9.17, 15) is 0 Å². The Morgan fingerprint density at radius 1 is 0.512 bits per heavy atom. The maximum absolute atomic E-state index is 6.63. The number of benzene rings is 7. The van der Waals surface area contributed by atoms with Crippen LogP contribution in [0.3, 0.4) is 0 Å². The Kier molecular flexibility index (Phi) is 4.89. The highest BCUT2D eigenvalue weighted by Gasteiger charge is 2.16. The van der Waals surface area contributed by atoms with Gasteiger partial charge in [-0.2, -0.15) is 0 Å². The van der Waals surface area contributed by atoms with E-state index in [-0.39, 0.29) is 0 Å². The second-order valence-corrected chi connectivity index (χ2v) is 12.1. The maximum Gasteiger partial charge on any atom is 0.0584 e. The minimum absolute atomic E-state index is 0.817. The van der Waals surface area contributed by atoms with Crippen LogP contribution in [0.5, 0.6) is 0 Å². The van der Waals surface area contributed by atoms with Gasteiger partial charge in [0.05, 0.1) is 20.8 Å². The van der Waals surface area contributed by atoms with E-state index >= 15 is 0 Å². The number of hydrogen-bond donors (Lipinski definition) is 0. The van der Waals surface area contributed by atoms with Crippen molar-refractivity contribution in [3.63, 3.8) is 0 Å². The third kappa shape index (κ3) is 3.35. The highest BCUT2D eigenvalue weighted by Crippen LogP contribution is 2.45. The predicted molar refractivity (Wildman–Crippen MR) is 179 cm³/mol. The molecule has 0 saturated heterocycles. The number of thiophene rings is 1. The summed E-state index contributed by atoms with van der Waals surface area (Å²) >= 11 is 8.41. The lowest BCUT2D eigenvalue weighted by Gasteiger charge is -2.12. The summed E-state index contributed by atoms with van der Waals surface area (Å²) in [6.07, 6.45) is 0. The van der Waals surface area contributed by atoms with Crippen molar-refractivity contribution in [2.45, 2.75) is 0 Å². The minimum atomic E-state index is 0.817. The molecule has 0 saturated carbocycles. The highest BCUT2D eigenvalue weighted by atomic mass is 35.5. The second-order valence-electron chi connectivity index (χ2n) is 10.7. The normalized spacial score (nSPS) is 12.0. The summed E-state index contributed by atoms with van der Waals surface area (Å²) in [4.78, 5) is 0. The summed E-state index contributed by atoms with van der Waals surface area (Å²) in [6.45, 7) is 0. The fourth-order valence-electron chi connectivity index (χ4n) is 6.59. The molecule has 192 valence electrons. The van der Waals surface area contributed by atoms with Gasteiger partial charge in [0.2, 0.25) is 0 Å². The summed E-state index contributed by atoms with van der Waals surface area (Å²) in [6, 6.07) is 48.4. The van der Waals surface area contributed by atoms with Gasteiger partial charge in [0, 0.05) is 31.9 Å². The van der Waals surface area contributed by atoms with Crippen molar-refractivity contribution in [2.75, 3.05) is 0 Å². The largest absolute Gasteiger partial charge is 0.309 e. The van der Waals surface area contributed by atoms with Crippen molar-refractivity contribution in [1.82, 2.24) is 4.57 Å². The number of nitrogens with zero attached hydrogens (tertiary/aromatic N) is 1. The number of para-hydroxylation sites is 1. The Morgan fingerprint density at radius 3 is 2.02 bits per heavy atom. The molecule has 0 radical (unpaired) electrons. The lowest BCUT2D eigenvalue weighted by atomic mass is 9.95. The second kappa shape index (κ2) is 8.68. The van der Waals surface area contributed by atoms with E-state index in [0.29, 0.717) is 0 Å². The van der Waals surface area contributed by atoms with Crippen LogP contribution < -0.4 is 0 Å². The maximum atomic E-state index is 6.63. The molecule has 3 heteroatoms. The van der Waals surface area contributed by atoms with Crippen LogP contribution >= 0.6 is 22.9 Å². The Balaban J connectivity index is 1.27. The Bertz CT molecular complexity index is 2480. The molecule has 7 aromatic carbocycles. The summed E-state index contributed by atoms with van der Waals surface area (Å²) < 4.78 is 4.82. The van der Waals surface area contributed by atoms with E-state index in [2.05, 4.69) is 132 Å². The molecule has 2 aromatic heterocycles. The summed E-state index contributed by atoms with van der Waals surface area (Å²) in [5.41, 5.74) is 6.07. The zero-order valence-electron chi connectivity index (χ0n) is 21.9. The van der Waals surface area contributed by atoms with Crippen molar-refractivity contribution >= 4 is 86.5 Å². The van der Waals surface area contributed by atoms with Gasteiger partial charge in [-0.15, -0.1) is 11.3 Å². The van der Waals surface area contributed by atoms with Gasteiger partial charge in [-0.05, 0) is 75.1 Å². The molecule has 0 atom stereocenters. The first-order valence-corrected chi connectivity index (χ1v) is 15.0. The predicted octanol–water partition coefficient (Wildman–Crippen LogP) is 11.8. The van der Waals surface area contributed by atoms with E-state index < -0.39 is 0 Å². The van der Waals surface area contributed by atoms with Crippen LogP contribution in [-0.4, -0.2) is 4.57 Å². The molecular weight excluding hydrogens is 538 g/mol. The highest BCUT2D eigenvalue weighted by molar-refractivity contribution is 7.26. The van der Waals surface area contributed by atoms with E-state index in [0.717, 1.165) is 15.4 Å². The van der Waals surface area contributed by atoms with Gasteiger partial charge in [0.15, 0.2) is 0 Å². The van der Waals surface area contributed by atoms with Gasteiger partial charge in [0.1, 0.15) is 0 Å². The van der Waals surface area contributed by atoms with Gasteiger partial charge < -0.3 is 4.57 Å². The van der Waals surface area contributed by atoms with E-state index in [4.69, 9.17) is 11.6 Å². The summed E-state index contributed by atoms with van der Waals surface area (Å²) in [7, 11) is 0. The summed E-state index contributed by atoms with van der Waals surface area (Å²) in [5, 5.41) is 10.9. The third-order valence-corrected chi connectivity index (χ3v) is 10.0. The molecule has 1 nitrogen and oxygen atoms in total. The fourth-order valence-corrected chi connectivity index (χ4v) is 8.04. The van der Waals surface area contributed by atoms with Crippen LogP contribution in [-0.2, 0) is 0 Å². The lowest BCUT2D eigenvalue weighted by molar-refractivity contribution is 1.18. The topological polar surface area (TPSA) is 4.93 Å². The zero-order valence-corrected chi connectivity index (χ0v) is 23.5. The first-order valence-electron chi connectivity index (χ1n) is 13.8. The zero-order chi connectivity index (χ0) is 27.1. The molecule has 0 bridgehead atoms. The van der Waals surface area contributed by atoms with Crippen LogP contribution in [0.2, 0.25) is 5.02 Å². The minimum Gasteiger partial charge on any atom is -0.309 e. The van der Waals surface area contributed by atoms with E-state index in [1.165, 1.54) is 70.0 Å². The Labute approximate surface area is 245 Å². The molecule has 0 aliphatic carbocycles. The van der Waals surface area contributed by atoms with Crippen LogP contribution in [0.15, 0.2) is 133 Å². The molecule has 0 amide bonds. The molecule has 0 aliphatic rings. The van der Waals surface area contributed by atoms with Crippen molar-refractivity contribution in [1.29, 1.82) is 0 Å². The van der Waals surface area contributed by atoms with Crippen LogP contribution in [0.4, 0.5) is 0 Å². The fraction of sp³-hybridized carbons (Fsp3) is 0. The van der Waals surface area contributed by atoms with Crippen molar-refractivity contribution in [2.24, 2.45) is 0 Å². The number of hydrogen-bond acceptors (Lipinski definition) is 1. The Hall–Kier alpha value is -4.63. The van der Waals surface area contributed by atoms with Gasteiger partial charge in [-0.1, -0.05) is 103 Å². The Morgan fingerprint density at radius 2 is 1.20 bits per heavy atom. The number of rotatable bonds is 2. The lowest BCUT2D eigenvalue weighted by Crippen LogP contribution is -1.94. The van der Waals surface area contributed by atoms with Crippen LogP contribution in [0.1, 0.15) is 0 Å². The standard InChI is InChI=1S/C38H22ClNS/c39-33-14-7-13-30-37-29-12-4-3-10-27(29)31(22-36(37)41-38(30)33)23-16-18-26(19-17-23)40-34-15-6-5-11-28(34)32-20-24-8-1-2-9-25(24)21-35(32)40/h1-22H. The first kappa shape index (κ1) is 23.1. The monoisotopic (exact) mass is 559 g/mol. The first-order chi connectivity index (χ1) is 20.2. The van der Waals surface area contributed by atoms with Crippen molar-refractivity contribution in [3.8, 4) is 16.8 Å². The van der Waals surface area contributed by atoms with Gasteiger partial charge in [-0.25, -0.2) is 0 Å². The number of halogens is 1. The number of fused-ring (bicyclic) bond motifs is 9. The quantitative estimate of drug-likeness (QED) is 0.198. The van der Waals surface area contributed by atoms with Crippen LogP contribution in [0, 0.1) is 0 Å². The molecule has 2 heterocycles. The molecular formula is C38H22ClNS. The third-order valence-electron chi connectivity index (χ3n) is 8.43. The number of aromatic nitrogens is 1. The molecule has 0 spiro atoms. The molecule has 9 rings (SSSR count). The van der Waals surface area contributed by atoms with Gasteiger partial charge in [0.25, 0.3) is 0 Å². The van der Waals surface area contributed by atoms with Crippen molar-refractivity contribution < 1.29 is 0 Å².